The Labute approximate surface area is 243 Å². The summed E-state index contributed by atoms with van der Waals surface area (Å²) >= 11 is 0. The molecule has 1 N–H and O–H groups in total. The lowest BCUT2D eigenvalue weighted by Crippen LogP contribution is -2.44. The first-order valence-corrected chi connectivity index (χ1v) is 14.5. The second-order valence-electron chi connectivity index (χ2n) is 12.0. The van der Waals surface area contributed by atoms with E-state index in [4.69, 9.17) is 4.74 Å². The molecule has 1 aliphatic heterocycles. The zero-order chi connectivity index (χ0) is 29.8. The van der Waals surface area contributed by atoms with Crippen LogP contribution < -0.4 is 10.1 Å². The molecule has 2 heterocycles. The molecule has 0 spiro atoms. The Balaban J connectivity index is 1.60. The first-order chi connectivity index (χ1) is 19.5. The molecule has 218 valence electrons. The highest BCUT2D eigenvalue weighted by Crippen LogP contribution is 2.39. The fourth-order valence-corrected chi connectivity index (χ4v) is 4.81. The second kappa shape index (κ2) is 12.3. The molecule has 0 bridgehead atoms. The van der Waals surface area contributed by atoms with Crippen molar-refractivity contribution in [1.29, 1.82) is 0 Å². The zero-order valence-electron chi connectivity index (χ0n) is 25.3. The largest absolute Gasteiger partial charge is 0.480 e. The average Bonchev–Trinajstić information content (AvgIpc) is 3.59. The van der Waals surface area contributed by atoms with Crippen LogP contribution in [0.3, 0.4) is 0 Å². The smallest absolute Gasteiger partial charge is 0.274 e. The van der Waals surface area contributed by atoms with E-state index in [1.54, 1.807) is 23.3 Å². The van der Waals surface area contributed by atoms with E-state index in [2.05, 4.69) is 69.1 Å². The molecule has 2 aromatic carbocycles. The minimum Gasteiger partial charge on any atom is -0.480 e. The summed E-state index contributed by atoms with van der Waals surface area (Å²) in [6.45, 7) is 15.5. The number of hydrazone groups is 1. The van der Waals surface area contributed by atoms with E-state index in [9.17, 15) is 9.59 Å². The quantitative estimate of drug-likeness (QED) is 0.307. The topological polar surface area (TPSA) is 88.8 Å². The molecule has 3 aromatic rings. The highest BCUT2D eigenvalue weighted by Gasteiger charge is 2.39. The number of ether oxygens (including phenoxy) is 1. The van der Waals surface area contributed by atoms with Crippen LogP contribution in [0.15, 0.2) is 72.4 Å². The molecule has 0 saturated carbocycles. The summed E-state index contributed by atoms with van der Waals surface area (Å²) in [5.74, 6) is 0.377. The molecule has 8 heteroatoms. The normalized spacial score (nSPS) is 16.5. The summed E-state index contributed by atoms with van der Waals surface area (Å²) in [5.41, 5.74) is 3.17. The highest BCUT2D eigenvalue weighted by atomic mass is 16.5. The maximum atomic E-state index is 13.7. The first kappa shape index (κ1) is 30.0. The zero-order valence-corrected chi connectivity index (χ0v) is 25.3. The summed E-state index contributed by atoms with van der Waals surface area (Å²) < 4.78 is 8.10. The van der Waals surface area contributed by atoms with Gasteiger partial charge in [-0.3, -0.25) is 9.59 Å². The van der Waals surface area contributed by atoms with Crippen LogP contribution in [-0.2, 0) is 27.0 Å². The van der Waals surface area contributed by atoms with Crippen LogP contribution in [0, 0.1) is 0 Å². The Bertz CT molecular complexity index is 1380. The molecule has 2 atom stereocenters. The summed E-state index contributed by atoms with van der Waals surface area (Å²) in [5, 5.41) is 8.87. The van der Waals surface area contributed by atoms with Gasteiger partial charge in [-0.15, -0.1) is 0 Å². The predicted molar refractivity (Wildman–Crippen MR) is 162 cm³/mol. The van der Waals surface area contributed by atoms with Crippen molar-refractivity contribution in [3.63, 3.8) is 0 Å². The lowest BCUT2D eigenvalue weighted by molar-refractivity contribution is -0.131. The van der Waals surface area contributed by atoms with Gasteiger partial charge >= 0.3 is 0 Å². The molecule has 2 amide bonds. The van der Waals surface area contributed by atoms with Crippen LogP contribution in [-0.4, -0.2) is 38.3 Å². The number of carbonyl (C=O) groups is 2. The summed E-state index contributed by atoms with van der Waals surface area (Å²) in [6.07, 6.45) is 6.47. The maximum absolute atomic E-state index is 13.7. The Kier molecular flexibility index (Phi) is 9.00. The van der Waals surface area contributed by atoms with Gasteiger partial charge in [0.25, 0.3) is 11.8 Å². The monoisotopic (exact) mass is 557 g/mol. The van der Waals surface area contributed by atoms with Gasteiger partial charge in [-0.05, 0) is 47.3 Å². The van der Waals surface area contributed by atoms with Gasteiger partial charge < -0.3 is 14.6 Å². The Hall–Kier alpha value is -3.94. The van der Waals surface area contributed by atoms with Crippen LogP contribution in [0.1, 0.15) is 90.5 Å². The summed E-state index contributed by atoms with van der Waals surface area (Å²) in [7, 11) is 0. The van der Waals surface area contributed by atoms with E-state index < -0.39 is 12.1 Å². The SMILES string of the molecule is CCC(Oc1ccc(C(C)(C)CC)cc1C(C)(C)CC)C(=O)NC1=NN(Cc2ccccc2)C(=O)C1n1ccnc1. The van der Waals surface area contributed by atoms with Gasteiger partial charge in [0.1, 0.15) is 5.75 Å². The molecule has 1 aromatic heterocycles. The Morgan fingerprint density at radius 1 is 1.02 bits per heavy atom. The van der Waals surface area contributed by atoms with Crippen molar-refractivity contribution in [3.05, 3.63) is 83.9 Å². The second-order valence-corrected chi connectivity index (χ2v) is 12.0. The van der Waals surface area contributed by atoms with Crippen LogP contribution in [0.2, 0.25) is 0 Å². The third-order valence-electron chi connectivity index (χ3n) is 8.42. The van der Waals surface area contributed by atoms with Crippen LogP contribution in [0.5, 0.6) is 5.75 Å². The molecular weight excluding hydrogens is 514 g/mol. The van der Waals surface area contributed by atoms with E-state index >= 15 is 0 Å². The number of benzene rings is 2. The Morgan fingerprint density at radius 3 is 2.34 bits per heavy atom. The van der Waals surface area contributed by atoms with E-state index in [0.717, 1.165) is 24.0 Å². The number of amides is 2. The molecule has 2 unspecified atom stereocenters. The van der Waals surface area contributed by atoms with Crippen LogP contribution in [0.4, 0.5) is 0 Å². The van der Waals surface area contributed by atoms with Gasteiger partial charge in [-0.2, -0.15) is 5.10 Å². The molecule has 0 saturated heterocycles. The molecule has 0 radical (unpaired) electrons. The molecule has 1 aliphatic rings. The van der Waals surface area contributed by atoms with E-state index in [-0.39, 0.29) is 28.5 Å². The van der Waals surface area contributed by atoms with Crippen molar-refractivity contribution in [3.8, 4) is 5.75 Å². The van der Waals surface area contributed by atoms with Gasteiger partial charge in [0, 0.05) is 18.0 Å². The Morgan fingerprint density at radius 2 is 1.73 bits per heavy atom. The number of imidazole rings is 1. The number of nitrogens with one attached hydrogen (secondary N) is 1. The molecule has 4 rings (SSSR count). The lowest BCUT2D eigenvalue weighted by Gasteiger charge is -2.31. The third-order valence-corrected chi connectivity index (χ3v) is 8.42. The van der Waals surface area contributed by atoms with Gasteiger partial charge in [0.15, 0.2) is 18.0 Å². The molecule has 41 heavy (non-hydrogen) atoms. The van der Waals surface area contributed by atoms with Crippen molar-refractivity contribution >= 4 is 17.6 Å². The van der Waals surface area contributed by atoms with Crippen LogP contribution >= 0.6 is 0 Å². The van der Waals surface area contributed by atoms with Gasteiger partial charge in [-0.25, -0.2) is 9.99 Å². The number of carbonyl (C=O) groups excluding carboxylic acids is 2. The van der Waals surface area contributed by atoms with Gasteiger partial charge in [0.05, 0.1) is 12.9 Å². The number of nitrogens with zero attached hydrogens (tertiary/aromatic N) is 4. The predicted octanol–water partition coefficient (Wildman–Crippen LogP) is 6.13. The molecular formula is C33H43N5O3. The minimum atomic E-state index is -0.812. The van der Waals surface area contributed by atoms with E-state index in [0.29, 0.717) is 18.7 Å². The van der Waals surface area contributed by atoms with Gasteiger partial charge in [-0.1, -0.05) is 90.9 Å². The number of aromatic nitrogens is 2. The first-order valence-electron chi connectivity index (χ1n) is 14.5. The number of hydrogen-bond donors (Lipinski definition) is 1. The van der Waals surface area contributed by atoms with Crippen molar-refractivity contribution in [2.45, 2.75) is 97.2 Å². The molecule has 8 nitrogen and oxygen atoms in total. The number of rotatable bonds is 11. The summed E-state index contributed by atoms with van der Waals surface area (Å²) in [6, 6.07) is 15.2. The van der Waals surface area contributed by atoms with E-state index in [1.165, 1.54) is 10.6 Å². The number of hydrogen-bond acceptors (Lipinski definition) is 5. The van der Waals surface area contributed by atoms with Crippen LogP contribution in [0.25, 0.3) is 0 Å². The van der Waals surface area contributed by atoms with Gasteiger partial charge in [0.2, 0.25) is 0 Å². The highest BCUT2D eigenvalue weighted by molar-refractivity contribution is 6.14. The fourth-order valence-electron chi connectivity index (χ4n) is 4.81. The minimum absolute atomic E-state index is 0.0275. The average molecular weight is 558 g/mol. The molecule has 0 fully saturated rings. The van der Waals surface area contributed by atoms with Crippen molar-refractivity contribution in [1.82, 2.24) is 19.9 Å². The fraction of sp³-hybridized carbons (Fsp3) is 0.455. The lowest BCUT2D eigenvalue weighted by atomic mass is 9.76. The standard InChI is InChI=1S/C33H43N5O3/c1-8-26(41-27-17-16-24(32(4,5)9-2)20-25(27)33(6,7)10-3)30(39)35-29-28(37-19-18-34-22-37)31(40)38(36-29)21-23-14-12-11-13-15-23/h11-20,22,26,28H,8-10,21H2,1-7H3,(H,35,36,39). The van der Waals surface area contributed by atoms with Crippen molar-refractivity contribution in [2.75, 3.05) is 0 Å². The maximum Gasteiger partial charge on any atom is 0.274 e. The van der Waals surface area contributed by atoms with Crippen molar-refractivity contribution in [2.24, 2.45) is 5.10 Å². The van der Waals surface area contributed by atoms with E-state index in [1.807, 2.05) is 43.3 Å². The number of amidine groups is 1. The third kappa shape index (κ3) is 6.53. The molecule has 0 aliphatic carbocycles. The van der Waals surface area contributed by atoms with Crippen molar-refractivity contribution < 1.29 is 14.3 Å². The summed E-state index contributed by atoms with van der Waals surface area (Å²) in [4.78, 5) is 31.2.